The first-order valence-corrected chi connectivity index (χ1v) is 6.07. The minimum absolute atomic E-state index is 0.412. The summed E-state index contributed by atoms with van der Waals surface area (Å²) in [5.41, 5.74) is 7.07. The molecule has 1 aliphatic rings. The Labute approximate surface area is 97.6 Å². The van der Waals surface area contributed by atoms with Crippen molar-refractivity contribution >= 4 is 5.84 Å². The van der Waals surface area contributed by atoms with Crippen molar-refractivity contribution in [1.29, 1.82) is 0 Å². The molecule has 1 saturated carbocycles. The molecule has 1 aromatic carbocycles. The number of nitrogens with two attached hydrogens (primary N) is 1. The molecular formula is C14H20N2. The smallest absolute Gasteiger partial charge is 0.125 e. The van der Waals surface area contributed by atoms with Crippen LogP contribution in [0.25, 0.3) is 0 Å². The zero-order chi connectivity index (χ0) is 11.5. The van der Waals surface area contributed by atoms with Crippen LogP contribution in [-0.4, -0.2) is 11.9 Å². The fraction of sp³-hybridized carbons (Fsp3) is 0.500. The number of benzene rings is 1. The average Bonchev–Trinajstić information content (AvgIpc) is 2.62. The van der Waals surface area contributed by atoms with Gasteiger partial charge in [-0.2, -0.15) is 0 Å². The molecule has 2 nitrogen and oxygen atoms in total. The van der Waals surface area contributed by atoms with E-state index < -0.39 is 0 Å². The Morgan fingerprint density at radius 2 is 1.88 bits per heavy atom. The van der Waals surface area contributed by atoms with Crippen molar-refractivity contribution in [1.82, 2.24) is 0 Å². The number of rotatable bonds is 2. The van der Waals surface area contributed by atoms with Crippen LogP contribution >= 0.6 is 0 Å². The summed E-state index contributed by atoms with van der Waals surface area (Å²) < 4.78 is 0. The topological polar surface area (TPSA) is 38.4 Å². The summed E-state index contributed by atoms with van der Waals surface area (Å²) in [5.74, 6) is 2.12. The molecule has 2 rings (SSSR count). The second-order valence-electron chi connectivity index (χ2n) is 4.86. The SMILES string of the molecule is CC1CCC(N=C(N)c2ccccc2)C1C. The van der Waals surface area contributed by atoms with Crippen LogP contribution in [-0.2, 0) is 0 Å². The van der Waals surface area contributed by atoms with Crippen LogP contribution in [0.3, 0.4) is 0 Å². The molecule has 16 heavy (non-hydrogen) atoms. The van der Waals surface area contributed by atoms with Crippen molar-refractivity contribution in [2.75, 3.05) is 0 Å². The fourth-order valence-corrected chi connectivity index (χ4v) is 2.38. The van der Waals surface area contributed by atoms with Gasteiger partial charge in [0.2, 0.25) is 0 Å². The van der Waals surface area contributed by atoms with Gasteiger partial charge in [0.1, 0.15) is 5.84 Å². The van der Waals surface area contributed by atoms with Gasteiger partial charge in [-0.05, 0) is 24.7 Å². The third kappa shape index (κ3) is 2.26. The van der Waals surface area contributed by atoms with Gasteiger partial charge < -0.3 is 5.73 Å². The average molecular weight is 216 g/mol. The van der Waals surface area contributed by atoms with E-state index in [0.29, 0.717) is 17.8 Å². The molecule has 0 saturated heterocycles. The van der Waals surface area contributed by atoms with Gasteiger partial charge in [-0.15, -0.1) is 0 Å². The summed E-state index contributed by atoms with van der Waals surface area (Å²) in [6, 6.07) is 10.4. The minimum Gasteiger partial charge on any atom is -0.383 e. The zero-order valence-electron chi connectivity index (χ0n) is 10.1. The van der Waals surface area contributed by atoms with Crippen molar-refractivity contribution in [2.45, 2.75) is 32.7 Å². The van der Waals surface area contributed by atoms with Gasteiger partial charge in [-0.3, -0.25) is 4.99 Å². The lowest BCUT2D eigenvalue weighted by molar-refractivity contribution is 0.423. The lowest BCUT2D eigenvalue weighted by atomic mass is 9.98. The molecule has 1 aliphatic carbocycles. The molecule has 86 valence electrons. The first kappa shape index (κ1) is 11.2. The van der Waals surface area contributed by atoms with Crippen LogP contribution in [0.1, 0.15) is 32.3 Å². The number of amidine groups is 1. The van der Waals surface area contributed by atoms with E-state index >= 15 is 0 Å². The standard InChI is InChI=1S/C14H20N2/c1-10-8-9-13(11(10)2)16-14(15)12-6-4-3-5-7-12/h3-7,10-11,13H,8-9H2,1-2H3,(H2,15,16). The van der Waals surface area contributed by atoms with Crippen molar-refractivity contribution in [2.24, 2.45) is 22.6 Å². The summed E-state index contributed by atoms with van der Waals surface area (Å²) in [6.45, 7) is 4.59. The van der Waals surface area contributed by atoms with E-state index in [1.807, 2.05) is 30.3 Å². The number of hydrogen-bond acceptors (Lipinski definition) is 1. The third-order valence-corrected chi connectivity index (χ3v) is 3.80. The summed E-state index contributed by atoms with van der Waals surface area (Å²) >= 11 is 0. The van der Waals surface area contributed by atoms with Crippen molar-refractivity contribution in [3.05, 3.63) is 35.9 Å². The minimum atomic E-state index is 0.412. The number of aliphatic imine (C=N–C) groups is 1. The fourth-order valence-electron chi connectivity index (χ4n) is 2.38. The molecule has 0 heterocycles. The molecule has 2 N–H and O–H groups in total. The Morgan fingerprint density at radius 3 is 2.44 bits per heavy atom. The number of hydrogen-bond donors (Lipinski definition) is 1. The highest BCUT2D eigenvalue weighted by molar-refractivity contribution is 5.97. The predicted molar refractivity (Wildman–Crippen MR) is 68.5 cm³/mol. The maximum atomic E-state index is 6.03. The van der Waals surface area contributed by atoms with E-state index in [1.54, 1.807) is 0 Å². The molecular weight excluding hydrogens is 196 g/mol. The lowest BCUT2D eigenvalue weighted by Crippen LogP contribution is -2.20. The van der Waals surface area contributed by atoms with E-state index in [2.05, 4.69) is 18.8 Å². The Hall–Kier alpha value is -1.31. The van der Waals surface area contributed by atoms with E-state index in [-0.39, 0.29) is 0 Å². The van der Waals surface area contributed by atoms with Gasteiger partial charge in [-0.1, -0.05) is 44.2 Å². The van der Waals surface area contributed by atoms with Crippen LogP contribution < -0.4 is 5.73 Å². The molecule has 0 aliphatic heterocycles. The van der Waals surface area contributed by atoms with Crippen molar-refractivity contribution in [3.63, 3.8) is 0 Å². The summed E-state index contributed by atoms with van der Waals surface area (Å²) in [4.78, 5) is 4.67. The zero-order valence-corrected chi connectivity index (χ0v) is 10.1. The first-order valence-electron chi connectivity index (χ1n) is 6.07. The van der Waals surface area contributed by atoms with E-state index in [9.17, 15) is 0 Å². The van der Waals surface area contributed by atoms with E-state index in [0.717, 1.165) is 11.5 Å². The predicted octanol–water partition coefficient (Wildman–Crippen LogP) is 2.83. The molecule has 0 bridgehead atoms. The molecule has 0 amide bonds. The molecule has 0 radical (unpaired) electrons. The molecule has 3 atom stereocenters. The summed E-state index contributed by atoms with van der Waals surface area (Å²) in [6.07, 6.45) is 2.45. The highest BCUT2D eigenvalue weighted by Gasteiger charge is 2.29. The Balaban J connectivity index is 2.13. The normalized spacial score (nSPS) is 30.6. The summed E-state index contributed by atoms with van der Waals surface area (Å²) in [7, 11) is 0. The van der Waals surface area contributed by atoms with Gasteiger partial charge in [-0.25, -0.2) is 0 Å². The van der Waals surface area contributed by atoms with Gasteiger partial charge >= 0.3 is 0 Å². The lowest BCUT2D eigenvalue weighted by Gasteiger charge is -2.14. The first-order chi connectivity index (χ1) is 7.68. The molecule has 1 fully saturated rings. The Bertz CT molecular complexity index is 370. The Morgan fingerprint density at radius 1 is 1.19 bits per heavy atom. The largest absolute Gasteiger partial charge is 0.383 e. The van der Waals surface area contributed by atoms with Gasteiger partial charge in [0.25, 0.3) is 0 Å². The van der Waals surface area contributed by atoms with Gasteiger partial charge in [0.05, 0.1) is 6.04 Å². The maximum absolute atomic E-state index is 6.03. The van der Waals surface area contributed by atoms with Crippen LogP contribution in [0.2, 0.25) is 0 Å². The second-order valence-corrected chi connectivity index (χ2v) is 4.86. The Kier molecular flexibility index (Phi) is 3.28. The monoisotopic (exact) mass is 216 g/mol. The van der Waals surface area contributed by atoms with Crippen LogP contribution in [0, 0.1) is 11.8 Å². The molecule has 3 unspecified atom stereocenters. The van der Waals surface area contributed by atoms with Gasteiger partial charge in [0.15, 0.2) is 0 Å². The van der Waals surface area contributed by atoms with Crippen molar-refractivity contribution in [3.8, 4) is 0 Å². The van der Waals surface area contributed by atoms with Crippen molar-refractivity contribution < 1.29 is 0 Å². The van der Waals surface area contributed by atoms with Crippen LogP contribution in [0.15, 0.2) is 35.3 Å². The van der Waals surface area contributed by atoms with E-state index in [1.165, 1.54) is 12.8 Å². The highest BCUT2D eigenvalue weighted by atomic mass is 14.9. The summed E-state index contributed by atoms with van der Waals surface area (Å²) in [5, 5.41) is 0. The molecule has 0 spiro atoms. The molecule has 1 aromatic rings. The third-order valence-electron chi connectivity index (χ3n) is 3.80. The quantitative estimate of drug-likeness (QED) is 0.599. The van der Waals surface area contributed by atoms with E-state index in [4.69, 9.17) is 5.73 Å². The molecule has 2 heteroatoms. The van der Waals surface area contributed by atoms with Crippen LogP contribution in [0.5, 0.6) is 0 Å². The number of nitrogens with zero attached hydrogens (tertiary/aromatic N) is 1. The molecule has 0 aromatic heterocycles. The van der Waals surface area contributed by atoms with Crippen LogP contribution in [0.4, 0.5) is 0 Å². The second kappa shape index (κ2) is 4.69. The van der Waals surface area contributed by atoms with Gasteiger partial charge in [0, 0.05) is 5.56 Å². The highest BCUT2D eigenvalue weighted by Crippen LogP contribution is 2.33. The maximum Gasteiger partial charge on any atom is 0.125 e.